The van der Waals surface area contributed by atoms with E-state index >= 15 is 0 Å². The molecule has 4 aromatic carbocycles. The van der Waals surface area contributed by atoms with Gasteiger partial charge in [0.1, 0.15) is 18.2 Å². The molecule has 0 bridgehead atoms. The summed E-state index contributed by atoms with van der Waals surface area (Å²) in [5.74, 6) is 0.157. The van der Waals surface area contributed by atoms with Gasteiger partial charge in [-0.15, -0.1) is 0 Å². The number of hydrogen-bond donors (Lipinski definition) is 3. The third kappa shape index (κ3) is 7.57. The Labute approximate surface area is 270 Å². The summed E-state index contributed by atoms with van der Waals surface area (Å²) >= 11 is 0. The van der Waals surface area contributed by atoms with Crippen LogP contribution in [0.2, 0.25) is 0 Å². The number of benzene rings is 4. The van der Waals surface area contributed by atoms with Crippen molar-refractivity contribution >= 4 is 22.5 Å². The Bertz CT molecular complexity index is 2140. The molecule has 0 radical (unpaired) electrons. The summed E-state index contributed by atoms with van der Waals surface area (Å²) in [5.41, 5.74) is 4.19. The van der Waals surface area contributed by atoms with Crippen LogP contribution in [0.25, 0.3) is 16.6 Å². The maximum absolute atomic E-state index is 14.0. The van der Waals surface area contributed by atoms with E-state index in [1.807, 2.05) is 42.5 Å². The number of nitrogens with zero attached hydrogens (tertiary/aromatic N) is 2. The maximum atomic E-state index is 14.0. The number of hydrogen-bond acceptors (Lipinski definition) is 5. The van der Waals surface area contributed by atoms with Gasteiger partial charge in [0, 0.05) is 25.2 Å². The van der Waals surface area contributed by atoms with E-state index in [1.165, 1.54) is 29.8 Å². The van der Waals surface area contributed by atoms with Crippen molar-refractivity contribution < 1.29 is 13.9 Å². The van der Waals surface area contributed by atoms with E-state index in [0.717, 1.165) is 16.7 Å². The fourth-order valence-corrected chi connectivity index (χ4v) is 5.54. The number of aromatic amines is 1. The van der Waals surface area contributed by atoms with Crippen molar-refractivity contribution in [3.05, 3.63) is 158 Å². The van der Waals surface area contributed by atoms with Crippen LogP contribution in [0.15, 0.2) is 119 Å². The zero-order chi connectivity index (χ0) is 32.8. The van der Waals surface area contributed by atoms with E-state index in [-0.39, 0.29) is 35.9 Å². The van der Waals surface area contributed by atoms with E-state index in [2.05, 4.69) is 15.7 Å². The topological polar surface area (TPSA) is 110 Å². The Kier molecular flexibility index (Phi) is 9.40. The van der Waals surface area contributed by atoms with Crippen molar-refractivity contribution in [3.8, 4) is 11.4 Å². The third-order valence-corrected chi connectivity index (χ3v) is 7.77. The largest absolute Gasteiger partial charge is 0.489 e. The zero-order valence-electron chi connectivity index (χ0n) is 25.8. The normalized spacial score (nSPS) is 11.1. The van der Waals surface area contributed by atoms with Crippen LogP contribution in [0.5, 0.6) is 5.75 Å². The number of carbonyl (C=O) groups excluding carboxylic acids is 1. The molecule has 6 rings (SSSR count). The Morgan fingerprint density at radius 3 is 2.36 bits per heavy atom. The van der Waals surface area contributed by atoms with Gasteiger partial charge in [0.05, 0.1) is 28.8 Å². The number of rotatable bonds is 12. The lowest BCUT2D eigenvalue weighted by molar-refractivity contribution is -0.114. The SMILES string of the molecule is CC(=O)Nc1cccc(Cn2c(CNCCc3cccc(F)c3)c3c(=O)n(-c4ccc(OCc5ccccc5)cc4)[nH]c3cc2=O)c1. The molecule has 3 N–H and O–H groups in total. The van der Waals surface area contributed by atoms with Crippen LogP contribution in [-0.4, -0.2) is 26.8 Å². The van der Waals surface area contributed by atoms with E-state index < -0.39 is 0 Å². The number of fused-ring (bicyclic) bond motifs is 1. The molecule has 2 heterocycles. The highest BCUT2D eigenvalue weighted by Gasteiger charge is 2.18. The first-order valence-corrected chi connectivity index (χ1v) is 15.3. The summed E-state index contributed by atoms with van der Waals surface area (Å²) in [6.07, 6.45) is 0.562. The number of H-pyrrole nitrogens is 1. The summed E-state index contributed by atoms with van der Waals surface area (Å²) in [4.78, 5) is 39.2. The highest BCUT2D eigenvalue weighted by atomic mass is 19.1. The molecule has 47 heavy (non-hydrogen) atoms. The van der Waals surface area contributed by atoms with Gasteiger partial charge < -0.3 is 19.9 Å². The summed E-state index contributed by atoms with van der Waals surface area (Å²) < 4.78 is 22.6. The van der Waals surface area contributed by atoms with Crippen molar-refractivity contribution in [1.29, 1.82) is 0 Å². The molecule has 1 amide bonds. The fourth-order valence-electron chi connectivity index (χ4n) is 5.54. The van der Waals surface area contributed by atoms with E-state index in [1.54, 1.807) is 53.1 Å². The lowest BCUT2D eigenvalue weighted by Crippen LogP contribution is -2.29. The van der Waals surface area contributed by atoms with Gasteiger partial charge in [-0.3, -0.25) is 19.5 Å². The maximum Gasteiger partial charge on any atom is 0.280 e. The number of aromatic nitrogens is 3. The van der Waals surface area contributed by atoms with Gasteiger partial charge in [0.2, 0.25) is 5.91 Å². The summed E-state index contributed by atoms with van der Waals surface area (Å²) in [5, 5.41) is 9.61. The van der Waals surface area contributed by atoms with Gasteiger partial charge in [-0.2, -0.15) is 0 Å². The molecule has 0 saturated heterocycles. The number of pyridine rings is 1. The van der Waals surface area contributed by atoms with Crippen LogP contribution < -0.4 is 26.5 Å². The predicted molar refractivity (Wildman–Crippen MR) is 181 cm³/mol. The molecule has 0 aliphatic rings. The quantitative estimate of drug-likeness (QED) is 0.154. The molecule has 0 aliphatic carbocycles. The van der Waals surface area contributed by atoms with Crippen LogP contribution in [-0.2, 0) is 30.9 Å². The minimum Gasteiger partial charge on any atom is -0.489 e. The Hall–Kier alpha value is -5.74. The number of anilines is 1. The molecule has 9 nitrogen and oxygen atoms in total. The van der Waals surface area contributed by atoms with Crippen LogP contribution in [0.4, 0.5) is 10.1 Å². The number of carbonyl (C=O) groups is 1. The Balaban J connectivity index is 1.32. The predicted octanol–water partition coefficient (Wildman–Crippen LogP) is 5.54. The average molecular weight is 632 g/mol. The van der Waals surface area contributed by atoms with E-state index in [4.69, 9.17) is 4.74 Å². The molecule has 10 heteroatoms. The standard InChI is InChI=1S/C37H34FN5O4/c1-25(44)40-30-12-6-10-28(20-30)23-42-34(22-39-18-17-26-9-5-11-29(38)19-26)36-33(21-35(42)45)41-43(37(36)46)31-13-15-32(16-14-31)47-24-27-7-3-2-4-8-27/h2-16,19-21,39,41H,17-18,22-24H2,1H3,(H,40,44). The monoisotopic (exact) mass is 631 g/mol. The molecule has 0 spiro atoms. The molecule has 0 atom stereocenters. The molecule has 2 aromatic heterocycles. The van der Waals surface area contributed by atoms with Crippen LogP contribution in [0.1, 0.15) is 29.3 Å². The molecule has 0 unspecified atom stereocenters. The molecule has 0 fully saturated rings. The molecular weight excluding hydrogens is 597 g/mol. The number of nitrogens with one attached hydrogen (secondary N) is 3. The summed E-state index contributed by atoms with van der Waals surface area (Å²) in [7, 11) is 0. The highest BCUT2D eigenvalue weighted by molar-refractivity contribution is 5.88. The van der Waals surface area contributed by atoms with Crippen molar-refractivity contribution in [2.45, 2.75) is 33.0 Å². The number of ether oxygens (including phenoxy) is 1. The molecule has 0 aliphatic heterocycles. The van der Waals surface area contributed by atoms with Crippen molar-refractivity contribution in [2.75, 3.05) is 11.9 Å². The first kappa shape index (κ1) is 31.3. The van der Waals surface area contributed by atoms with Crippen LogP contribution in [0, 0.1) is 5.82 Å². The first-order valence-electron chi connectivity index (χ1n) is 15.3. The number of amides is 1. The van der Waals surface area contributed by atoms with Crippen LogP contribution >= 0.6 is 0 Å². The molecule has 0 saturated carbocycles. The van der Waals surface area contributed by atoms with Gasteiger partial charge in [-0.05, 0) is 78.2 Å². The van der Waals surface area contributed by atoms with Crippen molar-refractivity contribution in [2.24, 2.45) is 0 Å². The second kappa shape index (κ2) is 14.1. The number of halogens is 1. The second-order valence-electron chi connectivity index (χ2n) is 11.3. The first-order chi connectivity index (χ1) is 22.8. The minimum atomic E-state index is -0.305. The smallest absolute Gasteiger partial charge is 0.280 e. The molecular formula is C37H34FN5O4. The summed E-state index contributed by atoms with van der Waals surface area (Å²) in [6, 6.07) is 32.1. The lowest BCUT2D eigenvalue weighted by Gasteiger charge is -2.15. The minimum absolute atomic E-state index is 0.182. The molecule has 6 aromatic rings. The van der Waals surface area contributed by atoms with Gasteiger partial charge >= 0.3 is 0 Å². The van der Waals surface area contributed by atoms with Gasteiger partial charge in [0.15, 0.2) is 0 Å². The Morgan fingerprint density at radius 1 is 0.851 bits per heavy atom. The van der Waals surface area contributed by atoms with Crippen molar-refractivity contribution in [1.82, 2.24) is 19.7 Å². The fraction of sp³-hybridized carbons (Fsp3) is 0.162. The zero-order valence-corrected chi connectivity index (χ0v) is 25.8. The van der Waals surface area contributed by atoms with Gasteiger partial charge in [0.25, 0.3) is 11.1 Å². The second-order valence-corrected chi connectivity index (χ2v) is 11.3. The Morgan fingerprint density at radius 2 is 1.60 bits per heavy atom. The highest BCUT2D eigenvalue weighted by Crippen LogP contribution is 2.20. The third-order valence-electron chi connectivity index (χ3n) is 7.77. The van der Waals surface area contributed by atoms with Gasteiger partial charge in [-0.25, -0.2) is 9.07 Å². The van der Waals surface area contributed by atoms with E-state index in [0.29, 0.717) is 53.3 Å². The van der Waals surface area contributed by atoms with Crippen LogP contribution in [0.3, 0.4) is 0 Å². The van der Waals surface area contributed by atoms with Gasteiger partial charge in [-0.1, -0.05) is 54.6 Å². The molecule has 238 valence electrons. The summed E-state index contributed by atoms with van der Waals surface area (Å²) in [6.45, 7) is 2.74. The van der Waals surface area contributed by atoms with E-state index in [9.17, 15) is 18.8 Å². The lowest BCUT2D eigenvalue weighted by atomic mass is 10.1. The van der Waals surface area contributed by atoms with Crippen molar-refractivity contribution in [3.63, 3.8) is 0 Å². The average Bonchev–Trinajstić information content (AvgIpc) is 3.39.